The van der Waals surface area contributed by atoms with E-state index in [0.717, 1.165) is 11.4 Å². The molecule has 0 saturated carbocycles. The Morgan fingerprint density at radius 2 is 0.516 bits per heavy atom. The summed E-state index contributed by atoms with van der Waals surface area (Å²) in [6, 6.07) is 88.6. The zero-order valence-corrected chi connectivity index (χ0v) is 34.0. The number of hydrogen-bond acceptors (Lipinski definition) is 0. The van der Waals surface area contributed by atoms with Crippen molar-refractivity contribution >= 4 is 43.6 Å². The molecular formula is C60H40N2. The predicted octanol–water partition coefficient (Wildman–Crippen LogP) is 16.2. The van der Waals surface area contributed by atoms with Gasteiger partial charge in [-0.05, 0) is 128 Å². The van der Waals surface area contributed by atoms with E-state index in [1.807, 2.05) is 0 Å². The normalized spacial score (nSPS) is 11.5. The highest BCUT2D eigenvalue weighted by molar-refractivity contribution is 6.11. The van der Waals surface area contributed by atoms with Crippen LogP contribution in [-0.4, -0.2) is 9.13 Å². The Bertz CT molecular complexity index is 3610. The van der Waals surface area contributed by atoms with E-state index in [2.05, 4.69) is 252 Å². The van der Waals surface area contributed by atoms with Gasteiger partial charge < -0.3 is 9.13 Å². The molecule has 290 valence electrons. The van der Waals surface area contributed by atoms with Crippen LogP contribution in [0.1, 0.15) is 0 Å². The van der Waals surface area contributed by atoms with Gasteiger partial charge in [0.05, 0.1) is 22.1 Å². The van der Waals surface area contributed by atoms with Crippen LogP contribution in [0.15, 0.2) is 243 Å². The number of rotatable bonds is 7. The van der Waals surface area contributed by atoms with Crippen molar-refractivity contribution in [3.05, 3.63) is 243 Å². The second-order valence-electron chi connectivity index (χ2n) is 16.2. The number of fused-ring (bicyclic) bond motifs is 6. The summed E-state index contributed by atoms with van der Waals surface area (Å²) in [5.41, 5.74) is 18.9. The molecule has 62 heavy (non-hydrogen) atoms. The molecule has 0 aliphatic heterocycles. The lowest BCUT2D eigenvalue weighted by Gasteiger charge is -2.14. The molecule has 2 heteroatoms. The zero-order valence-electron chi connectivity index (χ0n) is 34.0. The molecule has 0 fully saturated rings. The fourth-order valence-corrected chi connectivity index (χ4v) is 9.53. The lowest BCUT2D eigenvalue weighted by Crippen LogP contribution is -1.95. The molecule has 0 aliphatic carbocycles. The van der Waals surface area contributed by atoms with Gasteiger partial charge in [-0.3, -0.25) is 0 Å². The van der Waals surface area contributed by atoms with E-state index < -0.39 is 0 Å². The Kier molecular flexibility index (Phi) is 8.53. The van der Waals surface area contributed by atoms with Crippen molar-refractivity contribution in [2.75, 3.05) is 0 Å². The molecule has 2 nitrogen and oxygen atoms in total. The molecule has 0 unspecified atom stereocenters. The van der Waals surface area contributed by atoms with E-state index >= 15 is 0 Å². The molecule has 10 aromatic carbocycles. The maximum absolute atomic E-state index is 2.44. The van der Waals surface area contributed by atoms with Crippen LogP contribution in [0.4, 0.5) is 0 Å². The predicted molar refractivity (Wildman–Crippen MR) is 262 cm³/mol. The molecule has 2 heterocycles. The minimum atomic E-state index is 1.14. The number of para-hydroxylation sites is 3. The molecule has 0 saturated heterocycles. The van der Waals surface area contributed by atoms with E-state index in [9.17, 15) is 0 Å². The highest BCUT2D eigenvalue weighted by Gasteiger charge is 2.17. The van der Waals surface area contributed by atoms with Gasteiger partial charge >= 0.3 is 0 Å². The summed E-state index contributed by atoms with van der Waals surface area (Å²) < 4.78 is 4.84. The Morgan fingerprint density at radius 1 is 0.177 bits per heavy atom. The summed E-state index contributed by atoms with van der Waals surface area (Å²) in [7, 11) is 0. The topological polar surface area (TPSA) is 9.86 Å². The van der Waals surface area contributed by atoms with Crippen LogP contribution in [0.2, 0.25) is 0 Å². The van der Waals surface area contributed by atoms with Gasteiger partial charge in [-0.15, -0.1) is 0 Å². The van der Waals surface area contributed by atoms with Crippen molar-refractivity contribution in [1.29, 1.82) is 0 Å². The van der Waals surface area contributed by atoms with Gasteiger partial charge in [-0.25, -0.2) is 0 Å². The van der Waals surface area contributed by atoms with E-state index in [1.165, 1.54) is 99.2 Å². The van der Waals surface area contributed by atoms with Gasteiger partial charge in [0.15, 0.2) is 0 Å². The molecule has 0 aliphatic rings. The average molecular weight is 789 g/mol. The monoisotopic (exact) mass is 788 g/mol. The summed E-state index contributed by atoms with van der Waals surface area (Å²) in [5, 5.41) is 4.98. The highest BCUT2D eigenvalue weighted by atomic mass is 15.0. The second kappa shape index (κ2) is 14.8. The molecule has 0 bridgehead atoms. The fraction of sp³-hybridized carbons (Fsp3) is 0. The van der Waals surface area contributed by atoms with E-state index in [4.69, 9.17) is 0 Å². The summed E-state index contributed by atoms with van der Waals surface area (Å²) in [5.74, 6) is 0. The third-order valence-corrected chi connectivity index (χ3v) is 12.5. The Morgan fingerprint density at radius 3 is 1.05 bits per heavy atom. The van der Waals surface area contributed by atoms with Gasteiger partial charge in [-0.2, -0.15) is 0 Å². The second-order valence-corrected chi connectivity index (χ2v) is 16.2. The lowest BCUT2D eigenvalue weighted by atomic mass is 9.91. The van der Waals surface area contributed by atoms with Gasteiger partial charge in [0.25, 0.3) is 0 Å². The van der Waals surface area contributed by atoms with Crippen molar-refractivity contribution in [3.8, 4) is 67.0 Å². The highest BCUT2D eigenvalue weighted by Crippen LogP contribution is 2.41. The average Bonchev–Trinajstić information content (AvgIpc) is 3.87. The van der Waals surface area contributed by atoms with Crippen LogP contribution in [0, 0.1) is 0 Å². The Balaban J connectivity index is 1.08. The van der Waals surface area contributed by atoms with Crippen molar-refractivity contribution in [3.63, 3.8) is 0 Å². The fourth-order valence-electron chi connectivity index (χ4n) is 9.53. The summed E-state index contributed by atoms with van der Waals surface area (Å²) >= 11 is 0. The van der Waals surface area contributed by atoms with Gasteiger partial charge in [0.2, 0.25) is 0 Å². The quantitative estimate of drug-likeness (QED) is 0.152. The van der Waals surface area contributed by atoms with Crippen LogP contribution in [0.5, 0.6) is 0 Å². The van der Waals surface area contributed by atoms with Gasteiger partial charge in [0.1, 0.15) is 0 Å². The van der Waals surface area contributed by atoms with E-state index in [0.29, 0.717) is 0 Å². The maximum Gasteiger partial charge on any atom is 0.0547 e. The van der Waals surface area contributed by atoms with Gasteiger partial charge in [0, 0.05) is 32.9 Å². The smallest absolute Gasteiger partial charge is 0.0547 e. The minimum Gasteiger partial charge on any atom is -0.309 e. The first-order chi connectivity index (χ1) is 30.7. The first-order valence-corrected chi connectivity index (χ1v) is 21.3. The first kappa shape index (κ1) is 35.7. The Labute approximate surface area is 360 Å². The van der Waals surface area contributed by atoms with Crippen molar-refractivity contribution < 1.29 is 0 Å². The molecule has 0 radical (unpaired) electrons. The molecule has 0 amide bonds. The molecule has 0 N–H and O–H groups in total. The molecule has 2 aromatic heterocycles. The van der Waals surface area contributed by atoms with Crippen LogP contribution >= 0.6 is 0 Å². The SMILES string of the molecule is c1ccc(-c2cccc(-c3cc(-c4ccc5c6ccccc6n(-c6ccccc6)c5c4)cc(-c4ccc5c6ccccc6n(-c6cccc(-c7ccccc7)c6)c5c4)c3)c2)cc1. The van der Waals surface area contributed by atoms with E-state index in [-0.39, 0.29) is 0 Å². The number of nitrogens with zero attached hydrogens (tertiary/aromatic N) is 2. The number of hydrogen-bond donors (Lipinski definition) is 0. The standard InChI is InChI=1S/C60H40N2/c1-4-16-41(17-5-1)43-20-14-21-44(34-43)48-35-49(46-30-32-55-53-26-10-12-28-57(53)61(59(55)39-46)51-23-8-3-9-24-51)37-50(36-48)47-31-33-56-54-27-11-13-29-58(54)62(60(56)40-47)52-25-15-22-45(38-52)42-18-6-2-7-19-42/h1-40H. The largest absolute Gasteiger partial charge is 0.309 e. The first-order valence-electron chi connectivity index (χ1n) is 21.3. The van der Waals surface area contributed by atoms with Crippen molar-refractivity contribution in [2.45, 2.75) is 0 Å². The summed E-state index contributed by atoms with van der Waals surface area (Å²) in [6.45, 7) is 0. The molecular weight excluding hydrogens is 749 g/mol. The van der Waals surface area contributed by atoms with Crippen LogP contribution in [-0.2, 0) is 0 Å². The maximum atomic E-state index is 2.44. The molecule has 12 rings (SSSR count). The third-order valence-electron chi connectivity index (χ3n) is 12.5. The number of benzene rings is 10. The van der Waals surface area contributed by atoms with Crippen LogP contribution in [0.25, 0.3) is 111 Å². The van der Waals surface area contributed by atoms with Crippen LogP contribution < -0.4 is 0 Å². The summed E-state index contributed by atoms with van der Waals surface area (Å²) in [4.78, 5) is 0. The molecule has 0 spiro atoms. The number of aromatic nitrogens is 2. The Hall–Kier alpha value is -8.20. The molecule has 0 atom stereocenters. The zero-order chi connectivity index (χ0) is 41.0. The molecule has 12 aromatic rings. The summed E-state index contributed by atoms with van der Waals surface area (Å²) in [6.07, 6.45) is 0. The van der Waals surface area contributed by atoms with Crippen molar-refractivity contribution in [2.24, 2.45) is 0 Å². The minimum absolute atomic E-state index is 1.14. The lowest BCUT2D eigenvalue weighted by molar-refractivity contribution is 1.18. The van der Waals surface area contributed by atoms with Crippen molar-refractivity contribution in [1.82, 2.24) is 9.13 Å². The third kappa shape index (κ3) is 6.12. The van der Waals surface area contributed by atoms with Crippen LogP contribution in [0.3, 0.4) is 0 Å². The van der Waals surface area contributed by atoms with Gasteiger partial charge in [-0.1, -0.05) is 170 Å². The van der Waals surface area contributed by atoms with E-state index in [1.54, 1.807) is 0 Å².